The van der Waals surface area contributed by atoms with E-state index >= 15 is 0 Å². The monoisotopic (exact) mass is 344 g/mol. The van der Waals surface area contributed by atoms with Gasteiger partial charge in [0.2, 0.25) is 10.0 Å². The number of hydrogen-bond acceptors (Lipinski definition) is 4. The Morgan fingerprint density at radius 1 is 1.18 bits per heavy atom. The lowest BCUT2D eigenvalue weighted by atomic mass is 10.1. The van der Waals surface area contributed by atoms with Crippen LogP contribution in [-0.2, 0) is 16.4 Å². The van der Waals surface area contributed by atoms with Crippen molar-refractivity contribution in [1.29, 1.82) is 0 Å². The van der Waals surface area contributed by atoms with Gasteiger partial charge in [-0.2, -0.15) is 4.31 Å². The van der Waals surface area contributed by atoms with E-state index in [4.69, 9.17) is 4.74 Å². The fraction of sp³-hybridized carbons (Fsp3) is 0.600. The summed E-state index contributed by atoms with van der Waals surface area (Å²) in [5.74, 6) is 0.825. The van der Waals surface area contributed by atoms with E-state index in [1.165, 1.54) is 6.42 Å². The average Bonchev–Trinajstić information content (AvgIpc) is 3.03. The minimum absolute atomic E-state index is 0. The molecule has 2 saturated heterocycles. The van der Waals surface area contributed by atoms with Crippen LogP contribution in [0.15, 0.2) is 23.1 Å². The first kappa shape index (κ1) is 16.1. The Morgan fingerprint density at radius 3 is 2.86 bits per heavy atom. The maximum Gasteiger partial charge on any atom is 0.243 e. The highest BCUT2D eigenvalue weighted by Gasteiger charge is 2.35. The summed E-state index contributed by atoms with van der Waals surface area (Å²) in [4.78, 5) is 0.407. The maximum atomic E-state index is 12.9. The number of nitrogens with one attached hydrogen (secondary N) is 1. The predicted molar refractivity (Wildman–Crippen MR) is 86.2 cm³/mol. The molecule has 1 N–H and O–H groups in total. The van der Waals surface area contributed by atoms with Crippen molar-refractivity contribution in [1.82, 2.24) is 9.62 Å². The Labute approximate surface area is 137 Å². The maximum absolute atomic E-state index is 12.9. The summed E-state index contributed by atoms with van der Waals surface area (Å²) < 4.78 is 32.9. The highest BCUT2D eigenvalue weighted by molar-refractivity contribution is 7.89. The molecule has 2 bridgehead atoms. The Hall–Kier alpha value is -0.820. The molecule has 122 valence electrons. The van der Waals surface area contributed by atoms with Crippen LogP contribution in [0.4, 0.5) is 0 Å². The average molecular weight is 345 g/mol. The quantitative estimate of drug-likeness (QED) is 0.884. The van der Waals surface area contributed by atoms with Crippen molar-refractivity contribution < 1.29 is 13.2 Å². The van der Waals surface area contributed by atoms with Crippen LogP contribution >= 0.6 is 12.4 Å². The second kappa shape index (κ2) is 6.00. The molecule has 5 nitrogen and oxygen atoms in total. The molecule has 1 aromatic carbocycles. The van der Waals surface area contributed by atoms with Gasteiger partial charge in [-0.1, -0.05) is 0 Å². The molecule has 3 aliphatic rings. The van der Waals surface area contributed by atoms with Crippen LogP contribution in [0.3, 0.4) is 0 Å². The number of fused-ring (bicyclic) bond motifs is 3. The highest BCUT2D eigenvalue weighted by atomic mass is 35.5. The number of rotatable bonds is 2. The molecule has 2 fully saturated rings. The molecule has 0 aliphatic carbocycles. The molecule has 0 radical (unpaired) electrons. The van der Waals surface area contributed by atoms with Crippen molar-refractivity contribution in [2.45, 2.75) is 42.7 Å². The van der Waals surface area contributed by atoms with Crippen LogP contribution in [0.25, 0.3) is 0 Å². The van der Waals surface area contributed by atoms with Crippen LogP contribution in [0, 0.1) is 0 Å². The second-order valence-electron chi connectivity index (χ2n) is 6.16. The first-order valence-electron chi connectivity index (χ1n) is 7.65. The topological polar surface area (TPSA) is 58.6 Å². The molecule has 1 aromatic rings. The normalized spacial score (nSPS) is 27.6. The lowest BCUT2D eigenvalue weighted by Gasteiger charge is -2.23. The fourth-order valence-corrected chi connectivity index (χ4v) is 5.15. The summed E-state index contributed by atoms with van der Waals surface area (Å²) in [5, 5.41) is 3.52. The van der Waals surface area contributed by atoms with Gasteiger partial charge in [0.25, 0.3) is 0 Å². The van der Waals surface area contributed by atoms with Crippen LogP contribution in [-0.4, -0.2) is 44.5 Å². The van der Waals surface area contributed by atoms with E-state index in [2.05, 4.69) is 5.32 Å². The van der Waals surface area contributed by atoms with Gasteiger partial charge in [-0.15, -0.1) is 12.4 Å². The Balaban J connectivity index is 0.00000144. The van der Waals surface area contributed by atoms with E-state index < -0.39 is 10.0 Å². The van der Waals surface area contributed by atoms with Gasteiger partial charge in [0.1, 0.15) is 5.75 Å². The molecule has 22 heavy (non-hydrogen) atoms. The van der Waals surface area contributed by atoms with Gasteiger partial charge in [-0.3, -0.25) is 0 Å². The molecule has 0 spiro atoms. The number of ether oxygens (including phenoxy) is 1. The van der Waals surface area contributed by atoms with Gasteiger partial charge < -0.3 is 10.1 Å². The van der Waals surface area contributed by atoms with Gasteiger partial charge in [0.15, 0.2) is 0 Å². The SMILES string of the molecule is Cl.O=S(=O)(c1ccc2c(c1)CCO2)N1CCC2CCC(C1)N2. The van der Waals surface area contributed by atoms with E-state index in [0.717, 1.165) is 30.6 Å². The number of benzene rings is 1. The highest BCUT2D eigenvalue weighted by Crippen LogP contribution is 2.30. The summed E-state index contributed by atoms with van der Waals surface area (Å²) in [6, 6.07) is 6.05. The van der Waals surface area contributed by atoms with Gasteiger partial charge in [0, 0.05) is 31.6 Å². The molecular weight excluding hydrogens is 324 g/mol. The van der Waals surface area contributed by atoms with Crippen molar-refractivity contribution in [2.24, 2.45) is 0 Å². The molecule has 4 rings (SSSR count). The summed E-state index contributed by atoms with van der Waals surface area (Å²) in [6.07, 6.45) is 3.96. The third-order valence-corrected chi connectivity index (χ3v) is 6.65. The minimum Gasteiger partial charge on any atom is -0.493 e. The number of hydrogen-bond donors (Lipinski definition) is 1. The van der Waals surface area contributed by atoms with Crippen molar-refractivity contribution in [3.05, 3.63) is 23.8 Å². The number of halogens is 1. The molecule has 0 amide bonds. The molecule has 3 heterocycles. The predicted octanol–water partition coefficient (Wildman–Crippen LogP) is 1.56. The van der Waals surface area contributed by atoms with Gasteiger partial charge >= 0.3 is 0 Å². The molecule has 3 aliphatic heterocycles. The van der Waals surface area contributed by atoms with Crippen LogP contribution in [0.5, 0.6) is 5.75 Å². The molecule has 0 saturated carbocycles. The zero-order valence-corrected chi connectivity index (χ0v) is 14.0. The van der Waals surface area contributed by atoms with Gasteiger partial charge in [0.05, 0.1) is 11.5 Å². The van der Waals surface area contributed by atoms with E-state index in [9.17, 15) is 8.42 Å². The first-order valence-corrected chi connectivity index (χ1v) is 9.09. The summed E-state index contributed by atoms with van der Waals surface area (Å²) >= 11 is 0. The summed E-state index contributed by atoms with van der Waals surface area (Å²) in [6.45, 7) is 1.85. The van der Waals surface area contributed by atoms with Crippen molar-refractivity contribution >= 4 is 22.4 Å². The van der Waals surface area contributed by atoms with E-state index in [1.54, 1.807) is 22.5 Å². The van der Waals surface area contributed by atoms with Crippen LogP contribution in [0.1, 0.15) is 24.8 Å². The molecule has 7 heteroatoms. The Bertz CT molecular complexity index is 665. The molecule has 0 aromatic heterocycles. The van der Waals surface area contributed by atoms with E-state index in [1.807, 2.05) is 0 Å². The van der Waals surface area contributed by atoms with Crippen LogP contribution < -0.4 is 10.1 Å². The third kappa shape index (κ3) is 2.73. The van der Waals surface area contributed by atoms with E-state index in [0.29, 0.717) is 36.7 Å². The fourth-order valence-electron chi connectivity index (χ4n) is 3.60. The van der Waals surface area contributed by atoms with Gasteiger partial charge in [-0.05, 0) is 43.0 Å². The van der Waals surface area contributed by atoms with Crippen molar-refractivity contribution in [3.63, 3.8) is 0 Å². The molecule has 2 unspecified atom stereocenters. The second-order valence-corrected chi connectivity index (χ2v) is 8.10. The van der Waals surface area contributed by atoms with E-state index in [-0.39, 0.29) is 12.4 Å². The van der Waals surface area contributed by atoms with Crippen molar-refractivity contribution in [2.75, 3.05) is 19.7 Å². The Morgan fingerprint density at radius 2 is 2.00 bits per heavy atom. The van der Waals surface area contributed by atoms with Crippen molar-refractivity contribution in [3.8, 4) is 5.75 Å². The largest absolute Gasteiger partial charge is 0.493 e. The lowest BCUT2D eigenvalue weighted by molar-refractivity contribution is 0.356. The zero-order valence-electron chi connectivity index (χ0n) is 12.3. The summed E-state index contributed by atoms with van der Waals surface area (Å²) in [7, 11) is -3.39. The number of sulfonamides is 1. The van der Waals surface area contributed by atoms with Gasteiger partial charge in [-0.25, -0.2) is 8.42 Å². The first-order chi connectivity index (χ1) is 10.1. The standard InChI is InChI=1S/C15H20N2O3S.ClH/c18-21(19,14-3-4-15-11(9-14)6-8-20-15)17-7-5-12-1-2-13(10-17)16-12;/h3-4,9,12-13,16H,1-2,5-8,10H2;1H. The molecule has 2 atom stereocenters. The minimum atomic E-state index is -3.39. The van der Waals surface area contributed by atoms with Crippen LogP contribution in [0.2, 0.25) is 0 Å². The smallest absolute Gasteiger partial charge is 0.243 e. The zero-order chi connectivity index (χ0) is 14.4. The molecular formula is C15H21ClN2O3S. The summed E-state index contributed by atoms with van der Waals surface area (Å²) in [5.41, 5.74) is 1.01. The number of nitrogens with zero attached hydrogens (tertiary/aromatic N) is 1. The lowest BCUT2D eigenvalue weighted by Crippen LogP contribution is -2.39. The third-order valence-electron chi connectivity index (χ3n) is 4.78. The Kier molecular flexibility index (Phi) is 4.38.